The van der Waals surface area contributed by atoms with E-state index in [9.17, 15) is 9.59 Å². The summed E-state index contributed by atoms with van der Waals surface area (Å²) in [7, 11) is 3.10. The van der Waals surface area contributed by atoms with Crippen molar-refractivity contribution in [1.82, 2.24) is 9.78 Å². The first-order valence-corrected chi connectivity index (χ1v) is 9.32. The molecule has 0 amide bonds. The minimum Gasteiger partial charge on any atom is -0.493 e. The molecule has 8 nitrogen and oxygen atoms in total. The van der Waals surface area contributed by atoms with Gasteiger partial charge in [0, 0.05) is 17.2 Å². The van der Waals surface area contributed by atoms with Crippen molar-refractivity contribution in [3.05, 3.63) is 64.4 Å². The van der Waals surface area contributed by atoms with Crippen molar-refractivity contribution in [2.24, 2.45) is 0 Å². The predicted molar refractivity (Wildman–Crippen MR) is 109 cm³/mol. The zero-order chi connectivity index (χ0) is 21.1. The summed E-state index contributed by atoms with van der Waals surface area (Å²) in [6.45, 7) is 0.710. The Morgan fingerprint density at radius 3 is 2.50 bits per heavy atom. The Hall–Kier alpha value is -3.81. The van der Waals surface area contributed by atoms with E-state index >= 15 is 0 Å². The average Bonchev–Trinajstić information content (AvgIpc) is 2.79. The SMILES string of the molecule is COc1ccc(-c2ccc(=O)n(CC(=O)c3ccc4c(c3)OCCO4)n2)cc1OC. The fourth-order valence-corrected chi connectivity index (χ4v) is 3.16. The van der Waals surface area contributed by atoms with Crippen molar-refractivity contribution in [1.29, 1.82) is 0 Å². The summed E-state index contributed by atoms with van der Waals surface area (Å²) in [6, 6.07) is 13.3. The number of aromatic nitrogens is 2. The topological polar surface area (TPSA) is 88.9 Å². The van der Waals surface area contributed by atoms with Gasteiger partial charge in [0.15, 0.2) is 28.8 Å². The number of ketones is 1. The van der Waals surface area contributed by atoms with Crippen LogP contribution in [0.1, 0.15) is 10.4 Å². The van der Waals surface area contributed by atoms with Gasteiger partial charge in [-0.2, -0.15) is 5.10 Å². The summed E-state index contributed by atoms with van der Waals surface area (Å²) in [6.07, 6.45) is 0. The molecule has 0 bridgehead atoms. The summed E-state index contributed by atoms with van der Waals surface area (Å²) in [5.41, 5.74) is 1.31. The van der Waals surface area contributed by atoms with E-state index in [1.807, 2.05) is 0 Å². The Bertz CT molecular complexity index is 1150. The van der Waals surface area contributed by atoms with Crippen molar-refractivity contribution in [2.45, 2.75) is 6.54 Å². The number of hydrogen-bond acceptors (Lipinski definition) is 7. The minimum atomic E-state index is -0.370. The van der Waals surface area contributed by atoms with Crippen LogP contribution in [0.4, 0.5) is 0 Å². The molecule has 1 aromatic heterocycles. The molecule has 0 atom stereocenters. The Morgan fingerprint density at radius 1 is 0.967 bits per heavy atom. The molecule has 8 heteroatoms. The van der Waals surface area contributed by atoms with Crippen LogP contribution in [0.2, 0.25) is 0 Å². The van der Waals surface area contributed by atoms with Crippen LogP contribution in [0.3, 0.4) is 0 Å². The first-order chi connectivity index (χ1) is 14.6. The standard InChI is InChI=1S/C22H20N2O6/c1-27-18-6-3-14(11-20(18)28-2)16-5-8-22(26)24(23-16)13-17(25)15-4-7-19-21(12-15)30-10-9-29-19/h3-8,11-12H,9-10,13H2,1-2H3. The van der Waals surface area contributed by atoms with Gasteiger partial charge in [0.05, 0.1) is 19.9 Å². The van der Waals surface area contributed by atoms with E-state index < -0.39 is 0 Å². The fraction of sp³-hybridized carbons (Fsp3) is 0.227. The molecule has 1 aliphatic rings. The zero-order valence-electron chi connectivity index (χ0n) is 16.6. The van der Waals surface area contributed by atoms with Gasteiger partial charge in [-0.25, -0.2) is 4.68 Å². The number of Topliss-reactive ketones (excluding diaryl/α,β-unsaturated/α-hetero) is 1. The number of methoxy groups -OCH3 is 2. The monoisotopic (exact) mass is 408 g/mol. The van der Waals surface area contributed by atoms with Gasteiger partial charge in [-0.1, -0.05) is 0 Å². The molecule has 3 aromatic rings. The number of ether oxygens (including phenoxy) is 4. The molecule has 0 saturated heterocycles. The highest BCUT2D eigenvalue weighted by atomic mass is 16.6. The van der Waals surface area contributed by atoms with E-state index in [1.165, 1.54) is 6.07 Å². The maximum Gasteiger partial charge on any atom is 0.267 e. The molecule has 2 heterocycles. The molecule has 4 rings (SSSR count). The van der Waals surface area contributed by atoms with Gasteiger partial charge in [0.1, 0.15) is 19.8 Å². The zero-order valence-corrected chi connectivity index (χ0v) is 16.6. The number of benzene rings is 2. The lowest BCUT2D eigenvalue weighted by molar-refractivity contribution is 0.0964. The Morgan fingerprint density at radius 2 is 1.73 bits per heavy atom. The molecule has 0 unspecified atom stereocenters. The lowest BCUT2D eigenvalue weighted by Gasteiger charge is -2.18. The number of nitrogens with zero attached hydrogens (tertiary/aromatic N) is 2. The Kier molecular flexibility index (Phi) is 5.38. The lowest BCUT2D eigenvalue weighted by Crippen LogP contribution is -2.26. The summed E-state index contributed by atoms with van der Waals surface area (Å²) in [5.74, 6) is 1.99. The first kappa shape index (κ1) is 19.5. The molecule has 0 spiro atoms. The van der Waals surface area contributed by atoms with Crippen LogP contribution in [0.5, 0.6) is 23.0 Å². The summed E-state index contributed by atoms with van der Waals surface area (Å²) >= 11 is 0. The first-order valence-electron chi connectivity index (χ1n) is 9.32. The smallest absolute Gasteiger partial charge is 0.267 e. The van der Waals surface area contributed by atoms with Crippen LogP contribution in [0.15, 0.2) is 53.3 Å². The quantitative estimate of drug-likeness (QED) is 0.579. The molecule has 0 N–H and O–H groups in total. The molecule has 2 aromatic carbocycles. The van der Waals surface area contributed by atoms with Gasteiger partial charge in [-0.05, 0) is 42.5 Å². The molecular formula is C22H20N2O6. The number of fused-ring (bicyclic) bond motifs is 1. The molecule has 0 aliphatic carbocycles. The predicted octanol–water partition coefficient (Wildman–Crippen LogP) is 2.58. The second-order valence-electron chi connectivity index (χ2n) is 6.57. The van der Waals surface area contributed by atoms with Crippen LogP contribution in [0, 0.1) is 0 Å². The van der Waals surface area contributed by atoms with Crippen LogP contribution >= 0.6 is 0 Å². The lowest BCUT2D eigenvalue weighted by atomic mass is 10.1. The van der Waals surface area contributed by atoms with Gasteiger partial charge in [0.2, 0.25) is 0 Å². The van der Waals surface area contributed by atoms with E-state index in [0.29, 0.717) is 47.5 Å². The third-order valence-corrected chi connectivity index (χ3v) is 4.70. The van der Waals surface area contributed by atoms with Crippen LogP contribution < -0.4 is 24.5 Å². The minimum absolute atomic E-state index is 0.195. The van der Waals surface area contributed by atoms with Crippen molar-refractivity contribution < 1.29 is 23.7 Å². The van der Waals surface area contributed by atoms with E-state index in [2.05, 4.69) is 5.10 Å². The molecule has 30 heavy (non-hydrogen) atoms. The molecule has 0 radical (unpaired) electrons. The van der Waals surface area contributed by atoms with Crippen LogP contribution in [-0.2, 0) is 6.54 Å². The van der Waals surface area contributed by atoms with Gasteiger partial charge in [-0.15, -0.1) is 0 Å². The van der Waals surface area contributed by atoms with Crippen molar-refractivity contribution in [2.75, 3.05) is 27.4 Å². The number of hydrogen-bond donors (Lipinski definition) is 0. The van der Waals surface area contributed by atoms with Gasteiger partial charge < -0.3 is 18.9 Å². The highest BCUT2D eigenvalue weighted by Crippen LogP contribution is 2.32. The molecule has 1 aliphatic heterocycles. The van der Waals surface area contributed by atoms with Crippen molar-refractivity contribution in [3.8, 4) is 34.3 Å². The van der Waals surface area contributed by atoms with Crippen molar-refractivity contribution in [3.63, 3.8) is 0 Å². The number of rotatable bonds is 6. The second-order valence-corrected chi connectivity index (χ2v) is 6.57. The molecule has 0 fully saturated rings. The summed E-state index contributed by atoms with van der Waals surface area (Å²) in [4.78, 5) is 25.0. The number of carbonyl (C=O) groups is 1. The summed E-state index contributed by atoms with van der Waals surface area (Å²) < 4.78 is 22.7. The maximum atomic E-state index is 12.8. The van der Waals surface area contributed by atoms with E-state index in [4.69, 9.17) is 18.9 Å². The average molecular weight is 408 g/mol. The second kappa shape index (κ2) is 8.28. The van der Waals surface area contributed by atoms with Gasteiger partial charge >= 0.3 is 0 Å². The highest BCUT2D eigenvalue weighted by molar-refractivity contribution is 5.96. The Labute approximate surface area is 172 Å². The number of carbonyl (C=O) groups excluding carboxylic acids is 1. The third kappa shape index (κ3) is 3.84. The Balaban J connectivity index is 1.61. The van der Waals surface area contributed by atoms with E-state index in [-0.39, 0.29) is 17.9 Å². The highest BCUT2D eigenvalue weighted by Gasteiger charge is 2.16. The van der Waals surface area contributed by atoms with Crippen LogP contribution in [-0.4, -0.2) is 43.0 Å². The van der Waals surface area contributed by atoms with Gasteiger partial charge in [-0.3, -0.25) is 9.59 Å². The summed E-state index contributed by atoms with van der Waals surface area (Å²) in [5, 5.41) is 4.36. The van der Waals surface area contributed by atoms with Crippen LogP contribution in [0.25, 0.3) is 11.3 Å². The largest absolute Gasteiger partial charge is 0.493 e. The van der Waals surface area contributed by atoms with Gasteiger partial charge in [0.25, 0.3) is 5.56 Å². The molecular weight excluding hydrogens is 388 g/mol. The van der Waals surface area contributed by atoms with Crippen molar-refractivity contribution >= 4 is 5.78 Å². The van der Waals surface area contributed by atoms with E-state index in [0.717, 1.165) is 10.2 Å². The molecule has 154 valence electrons. The maximum absolute atomic E-state index is 12.8. The third-order valence-electron chi connectivity index (χ3n) is 4.70. The normalized spacial score (nSPS) is 12.3. The molecule has 0 saturated carbocycles. The van der Waals surface area contributed by atoms with E-state index in [1.54, 1.807) is 56.7 Å². The fourth-order valence-electron chi connectivity index (χ4n) is 3.16.